The molecule has 1 aliphatic rings. The number of aromatic nitrogens is 2. The summed E-state index contributed by atoms with van der Waals surface area (Å²) in [5, 5.41) is 5.29. The van der Waals surface area contributed by atoms with E-state index in [9.17, 15) is 9.59 Å². The topological polar surface area (TPSA) is 52.0 Å². The summed E-state index contributed by atoms with van der Waals surface area (Å²) in [4.78, 5) is 26.9. The maximum absolute atomic E-state index is 13.6. The van der Waals surface area contributed by atoms with Gasteiger partial charge in [-0.3, -0.25) is 9.59 Å². The molecule has 0 spiro atoms. The van der Waals surface area contributed by atoms with E-state index in [2.05, 4.69) is 0 Å². The SMILES string of the molecule is Cc1ccc(C2=CC(=O)c3c(-c4ccc(Cl)cc4)nn(-c4ccccc4)c3C2=O)cc1. The average molecular weight is 425 g/mol. The predicted molar refractivity (Wildman–Crippen MR) is 122 cm³/mol. The number of hydrogen-bond acceptors (Lipinski definition) is 3. The molecule has 0 amide bonds. The summed E-state index contributed by atoms with van der Waals surface area (Å²) in [6, 6.07) is 24.0. The van der Waals surface area contributed by atoms with Crippen molar-refractivity contribution in [1.29, 1.82) is 0 Å². The Balaban J connectivity index is 1.75. The summed E-state index contributed by atoms with van der Waals surface area (Å²) in [6.07, 6.45) is 1.42. The van der Waals surface area contributed by atoms with Gasteiger partial charge in [-0.2, -0.15) is 5.10 Å². The van der Waals surface area contributed by atoms with Crippen LogP contribution in [0.25, 0.3) is 22.5 Å². The van der Waals surface area contributed by atoms with Crippen molar-refractivity contribution >= 4 is 28.7 Å². The number of halogens is 1. The largest absolute Gasteiger partial charge is 0.289 e. The minimum absolute atomic E-state index is 0.227. The molecule has 1 heterocycles. The van der Waals surface area contributed by atoms with Gasteiger partial charge >= 0.3 is 0 Å². The van der Waals surface area contributed by atoms with Gasteiger partial charge in [0, 0.05) is 16.2 Å². The second-order valence-corrected chi connectivity index (χ2v) is 7.88. The first kappa shape index (κ1) is 19.2. The number of carbonyl (C=O) groups is 2. The molecule has 0 bridgehead atoms. The molecule has 0 unspecified atom stereocenters. The van der Waals surface area contributed by atoms with Crippen LogP contribution < -0.4 is 0 Å². The Kier molecular flexibility index (Phi) is 4.64. The highest BCUT2D eigenvalue weighted by Gasteiger charge is 2.35. The zero-order chi connectivity index (χ0) is 21.5. The molecule has 0 radical (unpaired) electrons. The van der Waals surface area contributed by atoms with E-state index in [4.69, 9.17) is 16.7 Å². The van der Waals surface area contributed by atoms with Crippen molar-refractivity contribution in [2.45, 2.75) is 6.92 Å². The quantitative estimate of drug-likeness (QED) is 0.407. The molecule has 0 atom stereocenters. The van der Waals surface area contributed by atoms with Crippen molar-refractivity contribution in [3.63, 3.8) is 0 Å². The van der Waals surface area contributed by atoms with E-state index in [1.54, 1.807) is 28.9 Å². The molecular formula is C26H17ClN2O2. The van der Waals surface area contributed by atoms with Gasteiger partial charge in [0.2, 0.25) is 5.78 Å². The number of Topliss-reactive ketones (excluding diaryl/α,β-unsaturated/α-hetero) is 1. The summed E-state index contributed by atoms with van der Waals surface area (Å²) < 4.78 is 1.57. The van der Waals surface area contributed by atoms with Crippen LogP contribution in [-0.4, -0.2) is 21.3 Å². The van der Waals surface area contributed by atoms with Gasteiger partial charge in [-0.05, 0) is 42.8 Å². The van der Waals surface area contributed by atoms with Crippen LogP contribution in [0.2, 0.25) is 5.02 Å². The minimum atomic E-state index is -0.239. The number of aryl methyl sites for hydroxylation is 1. The van der Waals surface area contributed by atoms with Crippen LogP contribution >= 0.6 is 11.6 Å². The Morgan fingerprint density at radius 2 is 1.45 bits per heavy atom. The van der Waals surface area contributed by atoms with E-state index < -0.39 is 0 Å². The van der Waals surface area contributed by atoms with Crippen molar-refractivity contribution in [1.82, 2.24) is 9.78 Å². The smallest absolute Gasteiger partial charge is 0.213 e. The van der Waals surface area contributed by atoms with Crippen molar-refractivity contribution in [3.05, 3.63) is 112 Å². The first-order valence-electron chi connectivity index (χ1n) is 9.85. The van der Waals surface area contributed by atoms with E-state index in [0.717, 1.165) is 11.1 Å². The number of hydrogen-bond donors (Lipinski definition) is 0. The highest BCUT2D eigenvalue weighted by atomic mass is 35.5. The lowest BCUT2D eigenvalue weighted by atomic mass is 9.88. The van der Waals surface area contributed by atoms with E-state index in [0.29, 0.717) is 33.1 Å². The minimum Gasteiger partial charge on any atom is -0.289 e. The van der Waals surface area contributed by atoms with E-state index >= 15 is 0 Å². The number of ketones is 2. The van der Waals surface area contributed by atoms with Crippen LogP contribution in [0.15, 0.2) is 84.9 Å². The standard InChI is InChI=1S/C26H17ClN2O2/c1-16-7-9-17(10-8-16)21-15-22(30)23-24(18-11-13-19(27)14-12-18)28-29(25(23)26(21)31)20-5-3-2-4-6-20/h2-15H,1H3. The predicted octanol–water partition coefficient (Wildman–Crippen LogP) is 5.96. The highest BCUT2D eigenvalue weighted by Crippen LogP contribution is 2.35. The molecule has 4 aromatic rings. The van der Waals surface area contributed by atoms with E-state index in [1.165, 1.54) is 6.08 Å². The molecule has 4 nitrogen and oxygen atoms in total. The molecule has 0 aliphatic heterocycles. The summed E-state index contributed by atoms with van der Waals surface area (Å²) >= 11 is 6.04. The fraction of sp³-hybridized carbons (Fsp3) is 0.0385. The van der Waals surface area contributed by atoms with Gasteiger partial charge in [0.15, 0.2) is 5.78 Å². The fourth-order valence-corrected chi connectivity index (χ4v) is 3.90. The second-order valence-electron chi connectivity index (χ2n) is 7.44. The number of fused-ring (bicyclic) bond motifs is 1. The van der Waals surface area contributed by atoms with Gasteiger partial charge in [-0.25, -0.2) is 4.68 Å². The van der Waals surface area contributed by atoms with Crippen molar-refractivity contribution in [2.24, 2.45) is 0 Å². The van der Waals surface area contributed by atoms with Crippen molar-refractivity contribution in [2.75, 3.05) is 0 Å². The van der Waals surface area contributed by atoms with Crippen LogP contribution in [0.3, 0.4) is 0 Å². The van der Waals surface area contributed by atoms with Crippen LogP contribution in [0.5, 0.6) is 0 Å². The molecule has 0 saturated heterocycles. The summed E-state index contributed by atoms with van der Waals surface area (Å²) in [7, 11) is 0. The maximum Gasteiger partial charge on any atom is 0.213 e. The number of carbonyl (C=O) groups excluding carboxylic acids is 2. The molecule has 0 fully saturated rings. The number of nitrogens with zero attached hydrogens (tertiary/aromatic N) is 2. The number of para-hydroxylation sites is 1. The first-order valence-corrected chi connectivity index (χ1v) is 10.2. The summed E-state index contributed by atoms with van der Waals surface area (Å²) in [5.74, 6) is -0.465. The Morgan fingerprint density at radius 1 is 0.806 bits per heavy atom. The molecule has 1 aliphatic carbocycles. The molecular weight excluding hydrogens is 408 g/mol. The highest BCUT2D eigenvalue weighted by molar-refractivity contribution is 6.39. The third-order valence-electron chi connectivity index (χ3n) is 5.35. The number of allylic oxidation sites excluding steroid dienone is 2. The second kappa shape index (κ2) is 7.49. The Hall–Kier alpha value is -3.76. The van der Waals surface area contributed by atoms with Gasteiger partial charge in [0.25, 0.3) is 0 Å². The summed E-state index contributed by atoms with van der Waals surface area (Å²) in [5.41, 5.74) is 4.66. The number of rotatable bonds is 3. The molecule has 150 valence electrons. The third kappa shape index (κ3) is 3.31. The average Bonchev–Trinajstić information content (AvgIpc) is 3.20. The summed E-state index contributed by atoms with van der Waals surface area (Å²) in [6.45, 7) is 1.98. The lowest BCUT2D eigenvalue weighted by molar-refractivity contribution is 0.0998. The third-order valence-corrected chi connectivity index (χ3v) is 5.60. The lowest BCUT2D eigenvalue weighted by Crippen LogP contribution is -2.19. The van der Waals surface area contributed by atoms with Gasteiger partial charge in [-0.1, -0.05) is 71.8 Å². The number of benzene rings is 3. The normalized spacial score (nSPS) is 13.2. The molecule has 0 N–H and O–H groups in total. The zero-order valence-electron chi connectivity index (χ0n) is 16.7. The Bertz CT molecular complexity index is 1350. The Labute approximate surface area is 184 Å². The van der Waals surface area contributed by atoms with Gasteiger partial charge in [0.1, 0.15) is 11.4 Å². The molecule has 0 saturated carbocycles. The first-order chi connectivity index (χ1) is 15.0. The van der Waals surface area contributed by atoms with E-state index in [1.807, 2.05) is 61.5 Å². The van der Waals surface area contributed by atoms with Crippen LogP contribution in [0.4, 0.5) is 0 Å². The van der Waals surface area contributed by atoms with Gasteiger partial charge in [0.05, 0.1) is 11.3 Å². The molecule has 3 aromatic carbocycles. The molecule has 31 heavy (non-hydrogen) atoms. The van der Waals surface area contributed by atoms with E-state index in [-0.39, 0.29) is 17.3 Å². The molecule has 1 aromatic heterocycles. The van der Waals surface area contributed by atoms with Crippen molar-refractivity contribution < 1.29 is 9.59 Å². The monoisotopic (exact) mass is 424 g/mol. The van der Waals surface area contributed by atoms with Crippen LogP contribution in [-0.2, 0) is 0 Å². The van der Waals surface area contributed by atoms with Crippen molar-refractivity contribution in [3.8, 4) is 16.9 Å². The molecule has 5 rings (SSSR count). The van der Waals surface area contributed by atoms with Crippen LogP contribution in [0, 0.1) is 6.92 Å². The lowest BCUT2D eigenvalue weighted by Gasteiger charge is -2.15. The maximum atomic E-state index is 13.6. The van der Waals surface area contributed by atoms with Gasteiger partial charge < -0.3 is 0 Å². The fourth-order valence-electron chi connectivity index (χ4n) is 3.77. The zero-order valence-corrected chi connectivity index (χ0v) is 17.4. The Morgan fingerprint density at radius 3 is 2.13 bits per heavy atom. The van der Waals surface area contributed by atoms with Crippen LogP contribution in [0.1, 0.15) is 32.0 Å². The molecule has 5 heteroatoms. The van der Waals surface area contributed by atoms with Gasteiger partial charge in [-0.15, -0.1) is 0 Å².